The van der Waals surface area contributed by atoms with Gasteiger partial charge >= 0.3 is 0 Å². The van der Waals surface area contributed by atoms with Gasteiger partial charge in [0.15, 0.2) is 11.5 Å². The van der Waals surface area contributed by atoms with Crippen LogP contribution in [0.4, 0.5) is 5.95 Å². The van der Waals surface area contributed by atoms with E-state index in [-0.39, 0.29) is 11.5 Å². The second kappa shape index (κ2) is 9.11. The molecule has 0 unspecified atom stereocenters. The number of benzene rings is 2. The van der Waals surface area contributed by atoms with Gasteiger partial charge in [0.2, 0.25) is 5.95 Å². The molecule has 0 radical (unpaired) electrons. The molecule has 0 amide bonds. The van der Waals surface area contributed by atoms with Gasteiger partial charge in [-0.25, -0.2) is 10.4 Å². The van der Waals surface area contributed by atoms with Gasteiger partial charge in [0.05, 0.1) is 38.3 Å². The molecule has 0 aliphatic rings. The van der Waals surface area contributed by atoms with Crippen molar-refractivity contribution in [2.45, 2.75) is 0 Å². The molecule has 29 heavy (non-hydrogen) atoms. The highest BCUT2D eigenvalue weighted by molar-refractivity contribution is 6.34. The van der Waals surface area contributed by atoms with E-state index in [1.165, 1.54) is 26.5 Å². The third-order valence-corrected chi connectivity index (χ3v) is 4.41. The van der Waals surface area contributed by atoms with E-state index in [0.29, 0.717) is 33.5 Å². The molecule has 2 aromatic carbocycles. The van der Waals surface area contributed by atoms with Crippen LogP contribution in [0, 0.1) is 0 Å². The van der Waals surface area contributed by atoms with Gasteiger partial charge < -0.3 is 14.2 Å². The van der Waals surface area contributed by atoms with Gasteiger partial charge in [-0.05, 0) is 36.4 Å². The first kappa shape index (κ1) is 20.2. The Bertz CT molecular complexity index is 1080. The second-order valence-electron chi connectivity index (χ2n) is 5.78. The highest BCUT2D eigenvalue weighted by atomic mass is 35.5. The zero-order valence-corrected chi connectivity index (χ0v) is 16.8. The quantitative estimate of drug-likeness (QED) is 0.453. The van der Waals surface area contributed by atoms with Crippen LogP contribution in [0.5, 0.6) is 17.2 Å². The first-order valence-corrected chi connectivity index (χ1v) is 8.89. The lowest BCUT2D eigenvalue weighted by atomic mass is 10.1. The number of methoxy groups -OCH3 is 3. The van der Waals surface area contributed by atoms with E-state index in [0.717, 1.165) is 5.56 Å². The van der Waals surface area contributed by atoms with Crippen LogP contribution in [0.15, 0.2) is 52.4 Å². The van der Waals surface area contributed by atoms with E-state index < -0.39 is 0 Å². The summed E-state index contributed by atoms with van der Waals surface area (Å²) in [5.41, 5.74) is 4.27. The van der Waals surface area contributed by atoms with Gasteiger partial charge in [0.25, 0.3) is 5.56 Å². The lowest BCUT2D eigenvalue weighted by Crippen LogP contribution is -2.10. The van der Waals surface area contributed by atoms with Crippen LogP contribution in [0.2, 0.25) is 5.02 Å². The molecule has 0 saturated carbocycles. The van der Waals surface area contributed by atoms with E-state index in [1.54, 1.807) is 31.4 Å². The number of anilines is 1. The maximum atomic E-state index is 12.0. The minimum absolute atomic E-state index is 0.191. The minimum atomic E-state index is -0.312. The zero-order chi connectivity index (χ0) is 20.8. The summed E-state index contributed by atoms with van der Waals surface area (Å²) in [6.45, 7) is 0. The molecule has 0 saturated heterocycles. The Morgan fingerprint density at radius 3 is 2.48 bits per heavy atom. The third-order valence-electron chi connectivity index (χ3n) is 4.02. The molecule has 8 nitrogen and oxygen atoms in total. The Morgan fingerprint density at radius 1 is 1.07 bits per heavy atom. The summed E-state index contributed by atoms with van der Waals surface area (Å²) in [5, 5.41) is 4.45. The van der Waals surface area contributed by atoms with Crippen molar-refractivity contribution in [1.82, 2.24) is 9.97 Å². The Morgan fingerprint density at radius 2 is 1.83 bits per heavy atom. The van der Waals surface area contributed by atoms with E-state index in [9.17, 15) is 4.79 Å². The summed E-state index contributed by atoms with van der Waals surface area (Å²) in [4.78, 5) is 18.9. The fourth-order valence-electron chi connectivity index (χ4n) is 2.59. The van der Waals surface area contributed by atoms with E-state index in [1.807, 2.05) is 12.1 Å². The number of rotatable bonds is 7. The summed E-state index contributed by atoms with van der Waals surface area (Å²) in [5.74, 6) is 1.83. The normalized spacial score (nSPS) is 10.8. The first-order valence-electron chi connectivity index (χ1n) is 8.51. The average Bonchev–Trinajstić information content (AvgIpc) is 2.74. The van der Waals surface area contributed by atoms with Crippen molar-refractivity contribution in [2.75, 3.05) is 26.8 Å². The van der Waals surface area contributed by atoms with Gasteiger partial charge in [-0.15, -0.1) is 0 Å². The third kappa shape index (κ3) is 4.67. The van der Waals surface area contributed by atoms with Gasteiger partial charge in [0.1, 0.15) is 5.75 Å². The molecule has 1 heterocycles. The molecule has 3 rings (SSSR count). The lowest BCUT2D eigenvalue weighted by Gasteiger charge is -2.10. The van der Waals surface area contributed by atoms with Crippen molar-refractivity contribution >= 4 is 23.8 Å². The summed E-state index contributed by atoms with van der Waals surface area (Å²) in [6, 6.07) is 12.1. The van der Waals surface area contributed by atoms with Crippen LogP contribution in [-0.2, 0) is 0 Å². The fraction of sp³-hybridized carbons (Fsp3) is 0.150. The van der Waals surface area contributed by atoms with Crippen LogP contribution >= 0.6 is 11.6 Å². The Labute approximate surface area is 172 Å². The average molecular weight is 415 g/mol. The SMILES string of the molecule is COc1ccc(-c2cc(=O)[nH]c(N/N=C\c3ccc(OC)c(OC)c3Cl)n2)cc1. The number of aromatic nitrogens is 2. The van der Waals surface area contributed by atoms with Crippen molar-refractivity contribution in [3.05, 3.63) is 63.4 Å². The molecule has 9 heteroatoms. The molecule has 0 atom stereocenters. The Balaban J connectivity index is 1.82. The number of hydrogen-bond acceptors (Lipinski definition) is 7. The molecular formula is C20H19ClN4O4. The van der Waals surface area contributed by atoms with Crippen molar-refractivity contribution in [3.8, 4) is 28.5 Å². The monoisotopic (exact) mass is 414 g/mol. The largest absolute Gasteiger partial charge is 0.497 e. The maximum Gasteiger partial charge on any atom is 0.252 e. The van der Waals surface area contributed by atoms with Crippen molar-refractivity contribution in [3.63, 3.8) is 0 Å². The number of halogens is 1. The smallest absolute Gasteiger partial charge is 0.252 e. The molecule has 0 aliphatic heterocycles. The van der Waals surface area contributed by atoms with Crippen molar-refractivity contribution in [2.24, 2.45) is 5.10 Å². The van der Waals surface area contributed by atoms with Crippen LogP contribution in [0.1, 0.15) is 5.56 Å². The topological polar surface area (TPSA) is 97.8 Å². The van der Waals surface area contributed by atoms with E-state index in [4.69, 9.17) is 25.8 Å². The highest BCUT2D eigenvalue weighted by Gasteiger charge is 2.12. The number of nitrogens with one attached hydrogen (secondary N) is 2. The van der Waals surface area contributed by atoms with Gasteiger partial charge in [0, 0.05) is 17.2 Å². The minimum Gasteiger partial charge on any atom is -0.497 e. The van der Waals surface area contributed by atoms with E-state index in [2.05, 4.69) is 20.5 Å². The standard InChI is InChI=1S/C20H19ClN4O4/c1-27-14-7-4-12(5-8-14)15-10-17(26)24-20(23-15)25-22-11-13-6-9-16(28-2)19(29-3)18(13)21/h4-11H,1-3H3,(H2,23,24,25,26)/b22-11-. The lowest BCUT2D eigenvalue weighted by molar-refractivity contribution is 0.355. The van der Waals surface area contributed by atoms with Crippen molar-refractivity contribution < 1.29 is 14.2 Å². The van der Waals surface area contributed by atoms with Crippen LogP contribution in [0.3, 0.4) is 0 Å². The molecule has 0 bridgehead atoms. The number of hydrazone groups is 1. The van der Waals surface area contributed by atoms with E-state index >= 15 is 0 Å². The number of aromatic amines is 1. The van der Waals surface area contributed by atoms with Crippen LogP contribution < -0.4 is 25.2 Å². The van der Waals surface area contributed by atoms with Gasteiger partial charge in [-0.3, -0.25) is 9.78 Å². The molecular weight excluding hydrogens is 396 g/mol. The molecule has 3 aromatic rings. The predicted octanol–water partition coefficient (Wildman–Crippen LogP) is 3.56. The number of H-pyrrole nitrogens is 1. The highest BCUT2D eigenvalue weighted by Crippen LogP contribution is 2.36. The maximum absolute atomic E-state index is 12.0. The molecule has 0 fully saturated rings. The molecule has 0 spiro atoms. The Kier molecular flexibility index (Phi) is 6.36. The molecule has 1 aromatic heterocycles. The number of ether oxygens (including phenoxy) is 3. The zero-order valence-electron chi connectivity index (χ0n) is 16.0. The Hall–Kier alpha value is -3.52. The molecule has 2 N–H and O–H groups in total. The second-order valence-corrected chi connectivity index (χ2v) is 6.16. The fourth-order valence-corrected chi connectivity index (χ4v) is 2.87. The summed E-state index contributed by atoms with van der Waals surface area (Å²) >= 11 is 6.32. The summed E-state index contributed by atoms with van der Waals surface area (Å²) < 4.78 is 15.6. The summed E-state index contributed by atoms with van der Waals surface area (Å²) in [7, 11) is 4.62. The first-order chi connectivity index (χ1) is 14.0. The predicted molar refractivity (Wildman–Crippen MR) is 113 cm³/mol. The molecule has 0 aliphatic carbocycles. The summed E-state index contributed by atoms with van der Waals surface area (Å²) in [6.07, 6.45) is 1.49. The van der Waals surface area contributed by atoms with Crippen molar-refractivity contribution in [1.29, 1.82) is 0 Å². The van der Waals surface area contributed by atoms with Crippen LogP contribution in [0.25, 0.3) is 11.3 Å². The number of hydrogen-bond donors (Lipinski definition) is 2. The molecule has 150 valence electrons. The van der Waals surface area contributed by atoms with Gasteiger partial charge in [-0.1, -0.05) is 11.6 Å². The number of nitrogens with zero attached hydrogens (tertiary/aromatic N) is 2. The van der Waals surface area contributed by atoms with Crippen LogP contribution in [-0.4, -0.2) is 37.5 Å². The van der Waals surface area contributed by atoms with Gasteiger partial charge in [-0.2, -0.15) is 5.10 Å².